The molecule has 4 rings (SSSR count). The molecule has 3 aromatic rings. The molecule has 0 radical (unpaired) electrons. The highest BCUT2D eigenvalue weighted by atomic mass is 16.5. The van der Waals surface area contributed by atoms with Crippen LogP contribution in [0.15, 0.2) is 46.1 Å². The van der Waals surface area contributed by atoms with E-state index in [9.17, 15) is 14.4 Å². The van der Waals surface area contributed by atoms with Crippen LogP contribution in [-0.4, -0.2) is 33.2 Å². The molecule has 8 heteroatoms. The predicted octanol–water partition coefficient (Wildman–Crippen LogP) is 2.08. The van der Waals surface area contributed by atoms with Crippen LogP contribution in [0, 0.1) is 6.92 Å². The van der Waals surface area contributed by atoms with Crippen molar-refractivity contribution in [2.45, 2.75) is 44.7 Å². The molecule has 2 N–H and O–H groups in total. The summed E-state index contributed by atoms with van der Waals surface area (Å²) in [5, 5.41) is 0.368. The Kier molecular flexibility index (Phi) is 5.26. The van der Waals surface area contributed by atoms with Gasteiger partial charge in [-0.15, -0.1) is 0 Å². The zero-order valence-corrected chi connectivity index (χ0v) is 17.0. The Hall–Kier alpha value is -3.26. The van der Waals surface area contributed by atoms with Crippen LogP contribution in [0.1, 0.15) is 47.6 Å². The largest absolute Gasteiger partial charge is 0.465 e. The molecule has 1 aliphatic carbocycles. The standard InChI is InChI=1S/C22H24N4O4/c1-13-10-18-19(24-12-13)25(17-5-3-4-14(11-17)21(28)30-2)22(29)26(20(18)27)16-8-6-15(23)7-9-16/h3-5,10-12,15-16H,6-9,23H2,1-2H3. The van der Waals surface area contributed by atoms with Crippen molar-refractivity contribution in [1.82, 2.24) is 14.1 Å². The minimum atomic E-state index is -0.507. The van der Waals surface area contributed by atoms with Gasteiger partial charge in [0.1, 0.15) is 0 Å². The van der Waals surface area contributed by atoms with Gasteiger partial charge in [0.15, 0.2) is 5.65 Å². The maximum Gasteiger partial charge on any atom is 0.337 e. The highest BCUT2D eigenvalue weighted by Crippen LogP contribution is 2.26. The first-order valence-electron chi connectivity index (χ1n) is 9.99. The number of hydrogen-bond acceptors (Lipinski definition) is 6. The molecular weight excluding hydrogens is 384 g/mol. The highest BCUT2D eigenvalue weighted by molar-refractivity contribution is 5.90. The molecule has 2 heterocycles. The van der Waals surface area contributed by atoms with Gasteiger partial charge in [-0.1, -0.05) is 6.07 Å². The molecule has 30 heavy (non-hydrogen) atoms. The lowest BCUT2D eigenvalue weighted by Gasteiger charge is -2.28. The van der Waals surface area contributed by atoms with E-state index < -0.39 is 11.7 Å². The monoisotopic (exact) mass is 408 g/mol. The maximum absolute atomic E-state index is 13.6. The van der Waals surface area contributed by atoms with E-state index in [1.54, 1.807) is 36.5 Å². The summed E-state index contributed by atoms with van der Waals surface area (Å²) in [5.41, 5.74) is 7.06. The molecule has 0 bridgehead atoms. The fourth-order valence-corrected chi connectivity index (χ4v) is 4.12. The predicted molar refractivity (Wildman–Crippen MR) is 113 cm³/mol. The first kappa shape index (κ1) is 20.0. The van der Waals surface area contributed by atoms with Crippen LogP contribution in [0.4, 0.5) is 0 Å². The minimum absolute atomic E-state index is 0.0975. The molecule has 0 spiro atoms. The van der Waals surface area contributed by atoms with Gasteiger partial charge in [-0.05, 0) is 62.4 Å². The van der Waals surface area contributed by atoms with Crippen molar-refractivity contribution in [3.05, 3.63) is 68.5 Å². The van der Waals surface area contributed by atoms with Crippen molar-refractivity contribution in [1.29, 1.82) is 0 Å². The number of nitrogens with two attached hydrogens (primary N) is 1. The SMILES string of the molecule is COC(=O)c1cccc(-n2c(=O)n(C3CCC(N)CC3)c(=O)c3cc(C)cnc32)c1. The minimum Gasteiger partial charge on any atom is -0.465 e. The number of carbonyl (C=O) groups is 1. The summed E-state index contributed by atoms with van der Waals surface area (Å²) in [7, 11) is 1.30. The average molecular weight is 408 g/mol. The molecule has 0 amide bonds. The van der Waals surface area contributed by atoms with Gasteiger partial charge in [-0.3, -0.25) is 9.36 Å². The van der Waals surface area contributed by atoms with Gasteiger partial charge in [0.2, 0.25) is 0 Å². The molecule has 1 aromatic carbocycles. The lowest BCUT2D eigenvalue weighted by molar-refractivity contribution is 0.0600. The van der Waals surface area contributed by atoms with Crippen LogP contribution in [-0.2, 0) is 4.74 Å². The normalized spacial score (nSPS) is 19.0. The van der Waals surface area contributed by atoms with E-state index in [0.29, 0.717) is 29.5 Å². The molecule has 0 aliphatic heterocycles. The third-order valence-corrected chi connectivity index (χ3v) is 5.69. The number of carbonyl (C=O) groups excluding carboxylic acids is 1. The number of fused-ring (bicyclic) bond motifs is 1. The Bertz CT molecular complexity index is 1240. The number of esters is 1. The fourth-order valence-electron chi connectivity index (χ4n) is 4.12. The Morgan fingerprint density at radius 3 is 2.60 bits per heavy atom. The van der Waals surface area contributed by atoms with Gasteiger partial charge >= 0.3 is 11.7 Å². The zero-order chi connectivity index (χ0) is 21.4. The average Bonchev–Trinajstić information content (AvgIpc) is 2.75. The maximum atomic E-state index is 13.6. The van der Waals surface area contributed by atoms with Gasteiger partial charge < -0.3 is 10.5 Å². The third kappa shape index (κ3) is 3.43. The summed E-state index contributed by atoms with van der Waals surface area (Å²) in [6, 6.07) is 8.18. The number of benzene rings is 1. The summed E-state index contributed by atoms with van der Waals surface area (Å²) in [6.45, 7) is 1.85. The fraction of sp³-hybridized carbons (Fsp3) is 0.364. The number of methoxy groups -OCH3 is 1. The van der Waals surface area contributed by atoms with E-state index in [0.717, 1.165) is 18.4 Å². The molecule has 1 aliphatic rings. The Morgan fingerprint density at radius 1 is 1.17 bits per heavy atom. The van der Waals surface area contributed by atoms with E-state index in [1.165, 1.54) is 16.2 Å². The van der Waals surface area contributed by atoms with E-state index in [2.05, 4.69) is 4.98 Å². The van der Waals surface area contributed by atoms with Crippen LogP contribution < -0.4 is 17.0 Å². The summed E-state index contributed by atoms with van der Waals surface area (Å²) in [6.07, 6.45) is 4.48. The number of ether oxygens (including phenoxy) is 1. The summed E-state index contributed by atoms with van der Waals surface area (Å²) >= 11 is 0. The van der Waals surface area contributed by atoms with E-state index in [-0.39, 0.29) is 23.3 Å². The second-order valence-electron chi connectivity index (χ2n) is 7.79. The lowest BCUT2D eigenvalue weighted by Crippen LogP contribution is -2.44. The number of pyridine rings is 1. The molecular formula is C22H24N4O4. The molecule has 0 unspecified atom stereocenters. The first-order valence-corrected chi connectivity index (χ1v) is 9.99. The molecule has 0 saturated heterocycles. The zero-order valence-electron chi connectivity index (χ0n) is 17.0. The lowest BCUT2D eigenvalue weighted by atomic mass is 9.91. The Labute approximate surface area is 172 Å². The number of hydrogen-bond donors (Lipinski definition) is 1. The Morgan fingerprint density at radius 2 is 1.90 bits per heavy atom. The van der Waals surface area contributed by atoms with E-state index in [1.807, 2.05) is 6.92 Å². The third-order valence-electron chi connectivity index (χ3n) is 5.69. The second-order valence-corrected chi connectivity index (χ2v) is 7.79. The van der Waals surface area contributed by atoms with Crippen LogP contribution >= 0.6 is 0 Å². The van der Waals surface area contributed by atoms with Crippen molar-refractivity contribution >= 4 is 17.0 Å². The summed E-state index contributed by atoms with van der Waals surface area (Å²) in [5.74, 6) is -0.507. The van der Waals surface area contributed by atoms with Gasteiger partial charge in [0.25, 0.3) is 5.56 Å². The van der Waals surface area contributed by atoms with Crippen LogP contribution in [0.25, 0.3) is 16.7 Å². The van der Waals surface area contributed by atoms with Crippen LogP contribution in [0.2, 0.25) is 0 Å². The summed E-state index contributed by atoms with van der Waals surface area (Å²) in [4.78, 5) is 43.2. The van der Waals surface area contributed by atoms with Gasteiger partial charge in [0.05, 0.1) is 23.7 Å². The smallest absolute Gasteiger partial charge is 0.337 e. The van der Waals surface area contributed by atoms with E-state index >= 15 is 0 Å². The van der Waals surface area contributed by atoms with E-state index in [4.69, 9.17) is 10.5 Å². The van der Waals surface area contributed by atoms with Gasteiger partial charge in [-0.25, -0.2) is 19.1 Å². The number of nitrogens with zero attached hydrogens (tertiary/aromatic N) is 3. The molecule has 0 atom stereocenters. The Balaban J connectivity index is 2.01. The second kappa shape index (κ2) is 7.87. The van der Waals surface area contributed by atoms with Crippen LogP contribution in [0.3, 0.4) is 0 Å². The summed E-state index contributed by atoms with van der Waals surface area (Å²) < 4.78 is 7.53. The first-order chi connectivity index (χ1) is 14.4. The van der Waals surface area contributed by atoms with Crippen molar-refractivity contribution < 1.29 is 9.53 Å². The van der Waals surface area contributed by atoms with Crippen LogP contribution in [0.5, 0.6) is 0 Å². The molecule has 1 fully saturated rings. The van der Waals surface area contributed by atoms with Gasteiger partial charge in [0, 0.05) is 18.3 Å². The molecule has 156 valence electrons. The van der Waals surface area contributed by atoms with Crippen molar-refractivity contribution in [3.8, 4) is 5.69 Å². The van der Waals surface area contributed by atoms with Crippen molar-refractivity contribution in [3.63, 3.8) is 0 Å². The molecule has 8 nitrogen and oxygen atoms in total. The van der Waals surface area contributed by atoms with Crippen molar-refractivity contribution in [2.24, 2.45) is 5.73 Å². The quantitative estimate of drug-likeness (QED) is 0.665. The molecule has 2 aromatic heterocycles. The number of aryl methyl sites for hydroxylation is 1. The number of aromatic nitrogens is 3. The highest BCUT2D eigenvalue weighted by Gasteiger charge is 2.26. The molecule has 1 saturated carbocycles. The topological polar surface area (TPSA) is 109 Å². The van der Waals surface area contributed by atoms with Gasteiger partial charge in [-0.2, -0.15) is 0 Å². The number of rotatable bonds is 3. The van der Waals surface area contributed by atoms with Crippen molar-refractivity contribution in [2.75, 3.05) is 7.11 Å².